The molecule has 0 bridgehead atoms. The van der Waals surface area contributed by atoms with Gasteiger partial charge in [-0.15, -0.1) is 11.3 Å². The summed E-state index contributed by atoms with van der Waals surface area (Å²) in [7, 11) is 0. The molecule has 0 fully saturated rings. The van der Waals surface area contributed by atoms with Gasteiger partial charge < -0.3 is 10.6 Å². The third kappa shape index (κ3) is 4.12. The highest BCUT2D eigenvalue weighted by molar-refractivity contribution is 7.12. The van der Waals surface area contributed by atoms with Gasteiger partial charge in [0.25, 0.3) is 0 Å². The molecule has 170 valence electrons. The predicted octanol–water partition coefficient (Wildman–Crippen LogP) is 4.76. The molecule has 4 rings (SSSR count). The zero-order chi connectivity index (χ0) is 23.9. The van der Waals surface area contributed by atoms with Crippen LogP contribution in [0.1, 0.15) is 39.4 Å². The van der Waals surface area contributed by atoms with Gasteiger partial charge in [0.2, 0.25) is 5.91 Å². The monoisotopic (exact) mass is 471 g/mol. The summed E-state index contributed by atoms with van der Waals surface area (Å²) in [4.78, 5) is 15.3. The molecule has 0 spiro atoms. The number of nitrogens with two attached hydrogens (primary N) is 1. The van der Waals surface area contributed by atoms with Gasteiger partial charge in [-0.2, -0.15) is 23.5 Å². The number of aromatic nitrogens is 2. The molecule has 10 heteroatoms. The van der Waals surface area contributed by atoms with Crippen LogP contribution in [0, 0.1) is 11.3 Å². The summed E-state index contributed by atoms with van der Waals surface area (Å²) in [6.07, 6.45) is -2.08. The van der Waals surface area contributed by atoms with Crippen LogP contribution in [0.15, 0.2) is 43.1 Å². The minimum absolute atomic E-state index is 0.0730. The van der Waals surface area contributed by atoms with Crippen molar-refractivity contribution in [1.29, 1.82) is 5.26 Å². The van der Waals surface area contributed by atoms with Gasteiger partial charge in [-0.25, -0.2) is 0 Å². The highest BCUT2D eigenvalue weighted by Gasteiger charge is 2.39. The number of rotatable bonds is 4. The van der Waals surface area contributed by atoms with Crippen LogP contribution in [0.5, 0.6) is 0 Å². The van der Waals surface area contributed by atoms with Gasteiger partial charge in [0.05, 0.1) is 6.54 Å². The first-order valence-electron chi connectivity index (χ1n) is 10.1. The van der Waals surface area contributed by atoms with Crippen LogP contribution >= 0.6 is 11.3 Å². The lowest BCUT2D eigenvalue weighted by molar-refractivity contribution is -0.141. The number of aryl methyl sites for hydroxylation is 1. The second-order valence-corrected chi connectivity index (χ2v) is 8.80. The SMILES string of the molecule is C=CC(=O)N1Cc2sc(C#N)cc2C(c2ccc(N)cc2-c2cn(CC)nc2C(F)(F)F)C1. The Kier molecular flexibility index (Phi) is 5.76. The number of halogens is 3. The Balaban J connectivity index is 1.94. The molecule has 1 amide bonds. The van der Waals surface area contributed by atoms with Crippen LogP contribution in [-0.4, -0.2) is 27.1 Å². The van der Waals surface area contributed by atoms with E-state index in [1.165, 1.54) is 34.4 Å². The Bertz CT molecular complexity index is 1280. The Hall–Kier alpha value is -3.58. The number of alkyl halides is 3. The zero-order valence-corrected chi connectivity index (χ0v) is 18.5. The van der Waals surface area contributed by atoms with Gasteiger partial charge >= 0.3 is 6.18 Å². The molecule has 0 saturated heterocycles. The summed E-state index contributed by atoms with van der Waals surface area (Å²) in [5, 5.41) is 13.1. The van der Waals surface area contributed by atoms with Gasteiger partial charge in [-0.05, 0) is 47.9 Å². The quantitative estimate of drug-likeness (QED) is 0.439. The molecule has 33 heavy (non-hydrogen) atoms. The molecule has 2 N–H and O–H groups in total. The molecule has 3 heterocycles. The molecule has 0 saturated carbocycles. The van der Waals surface area contributed by atoms with Crippen LogP contribution in [0.2, 0.25) is 0 Å². The third-order valence-corrected chi connectivity index (χ3v) is 6.69. The first-order valence-corrected chi connectivity index (χ1v) is 11.0. The van der Waals surface area contributed by atoms with Crippen LogP contribution in [0.25, 0.3) is 11.1 Å². The molecule has 6 nitrogen and oxygen atoms in total. The molecular weight excluding hydrogens is 451 g/mol. The molecular formula is C23H20F3N5OS. The lowest BCUT2D eigenvalue weighted by atomic mass is 9.83. The Morgan fingerprint density at radius 2 is 2.12 bits per heavy atom. The topological polar surface area (TPSA) is 87.9 Å². The van der Waals surface area contributed by atoms with Crippen molar-refractivity contribution in [2.24, 2.45) is 0 Å². The van der Waals surface area contributed by atoms with Crippen LogP contribution in [-0.2, 0) is 24.1 Å². The van der Waals surface area contributed by atoms with Crippen molar-refractivity contribution >= 4 is 22.9 Å². The Morgan fingerprint density at radius 1 is 1.36 bits per heavy atom. The van der Waals surface area contributed by atoms with Crippen molar-refractivity contribution in [3.63, 3.8) is 0 Å². The van der Waals surface area contributed by atoms with Crippen molar-refractivity contribution in [2.75, 3.05) is 12.3 Å². The lowest BCUT2D eigenvalue weighted by Gasteiger charge is -2.33. The number of carbonyl (C=O) groups excluding carboxylic acids is 1. The number of anilines is 1. The number of hydrogen-bond acceptors (Lipinski definition) is 5. The number of hydrogen-bond donors (Lipinski definition) is 1. The van der Waals surface area contributed by atoms with E-state index >= 15 is 0 Å². The summed E-state index contributed by atoms with van der Waals surface area (Å²) < 4.78 is 42.8. The number of amides is 1. The van der Waals surface area contributed by atoms with Gasteiger partial charge in [0.1, 0.15) is 10.9 Å². The molecule has 2 aromatic heterocycles. The maximum Gasteiger partial charge on any atom is 0.435 e. The number of thiophene rings is 1. The average molecular weight is 472 g/mol. The molecule has 1 aliphatic rings. The zero-order valence-electron chi connectivity index (χ0n) is 17.7. The lowest BCUT2D eigenvalue weighted by Crippen LogP contribution is -2.37. The number of carbonyl (C=O) groups is 1. The van der Waals surface area contributed by atoms with Gasteiger partial charge in [0, 0.05) is 41.3 Å². The molecule has 0 aliphatic carbocycles. The van der Waals surface area contributed by atoms with E-state index in [9.17, 15) is 23.2 Å². The molecule has 1 aromatic carbocycles. The van der Waals surface area contributed by atoms with Crippen molar-refractivity contribution in [1.82, 2.24) is 14.7 Å². The first kappa shape index (κ1) is 22.6. The second-order valence-electron chi connectivity index (χ2n) is 7.67. The van der Waals surface area contributed by atoms with E-state index < -0.39 is 17.8 Å². The highest BCUT2D eigenvalue weighted by Crippen LogP contribution is 2.44. The normalized spacial score (nSPS) is 15.7. The Morgan fingerprint density at radius 3 is 2.76 bits per heavy atom. The van der Waals surface area contributed by atoms with Crippen molar-refractivity contribution in [3.05, 3.63) is 69.7 Å². The minimum atomic E-state index is -4.66. The first-order chi connectivity index (χ1) is 15.7. The van der Waals surface area contributed by atoms with E-state index in [1.807, 2.05) is 0 Å². The van der Waals surface area contributed by atoms with Crippen LogP contribution < -0.4 is 5.73 Å². The standard InChI is InChI=1S/C23H20F3N5OS/c1-3-21(32)30-10-18(17-8-14(9-27)33-20(17)12-30)15-6-5-13(28)7-16(15)19-11-31(4-2)29-22(19)23(24,25)26/h3,5-8,11,18H,1,4,10,12,28H2,2H3. The summed E-state index contributed by atoms with van der Waals surface area (Å²) in [6, 6.07) is 8.70. The smallest absolute Gasteiger partial charge is 0.399 e. The summed E-state index contributed by atoms with van der Waals surface area (Å²) >= 11 is 1.27. The molecule has 1 unspecified atom stereocenters. The van der Waals surface area contributed by atoms with Crippen molar-refractivity contribution in [2.45, 2.75) is 32.1 Å². The van der Waals surface area contributed by atoms with E-state index in [2.05, 4.69) is 17.7 Å². The molecule has 0 radical (unpaired) electrons. The summed E-state index contributed by atoms with van der Waals surface area (Å²) in [5.74, 6) is -0.734. The highest BCUT2D eigenvalue weighted by atomic mass is 32.1. The largest absolute Gasteiger partial charge is 0.435 e. The van der Waals surface area contributed by atoms with E-state index in [4.69, 9.17) is 5.73 Å². The number of fused-ring (bicyclic) bond motifs is 1. The number of nitrogen functional groups attached to an aromatic ring is 1. The number of nitriles is 1. The van der Waals surface area contributed by atoms with E-state index in [-0.39, 0.29) is 24.6 Å². The van der Waals surface area contributed by atoms with Gasteiger partial charge in [-0.1, -0.05) is 12.6 Å². The number of benzene rings is 1. The molecule has 1 atom stereocenters. The van der Waals surface area contributed by atoms with Crippen LogP contribution in [0.3, 0.4) is 0 Å². The second kappa shape index (κ2) is 8.41. The van der Waals surface area contributed by atoms with Gasteiger partial charge in [0.15, 0.2) is 5.69 Å². The van der Waals surface area contributed by atoms with Gasteiger partial charge in [-0.3, -0.25) is 9.48 Å². The maximum absolute atomic E-state index is 13.9. The van der Waals surface area contributed by atoms with Crippen molar-refractivity contribution < 1.29 is 18.0 Å². The fourth-order valence-electron chi connectivity index (χ4n) is 4.14. The van der Waals surface area contributed by atoms with E-state index in [0.29, 0.717) is 28.2 Å². The Labute approximate surface area is 192 Å². The minimum Gasteiger partial charge on any atom is -0.399 e. The molecule has 3 aromatic rings. The maximum atomic E-state index is 13.9. The predicted molar refractivity (Wildman–Crippen MR) is 119 cm³/mol. The fraction of sp³-hybridized carbons (Fsp3) is 0.261. The van der Waals surface area contributed by atoms with Crippen molar-refractivity contribution in [3.8, 4) is 17.2 Å². The van der Waals surface area contributed by atoms with E-state index in [1.54, 1.807) is 30.0 Å². The summed E-state index contributed by atoms with van der Waals surface area (Å²) in [5.41, 5.74) is 6.93. The number of nitrogens with zero attached hydrogens (tertiary/aromatic N) is 4. The van der Waals surface area contributed by atoms with E-state index in [0.717, 1.165) is 10.4 Å². The third-order valence-electron chi connectivity index (χ3n) is 5.65. The fourth-order valence-corrected chi connectivity index (χ4v) is 5.17. The van der Waals surface area contributed by atoms with Crippen LogP contribution in [0.4, 0.5) is 18.9 Å². The summed E-state index contributed by atoms with van der Waals surface area (Å²) in [6.45, 7) is 6.07. The average Bonchev–Trinajstić information content (AvgIpc) is 3.41. The molecule has 1 aliphatic heterocycles.